The third kappa shape index (κ3) is 1.92. The predicted molar refractivity (Wildman–Crippen MR) is 55.6 cm³/mol. The van der Waals surface area contributed by atoms with Crippen LogP contribution in [0.5, 0.6) is 5.75 Å². The second-order valence-electron chi connectivity index (χ2n) is 1.91. The van der Waals surface area contributed by atoms with Crippen LogP contribution in [0.3, 0.4) is 0 Å². The van der Waals surface area contributed by atoms with E-state index in [4.69, 9.17) is 4.74 Å². The zero-order valence-corrected chi connectivity index (χ0v) is 9.83. The smallest absolute Gasteiger partial charge is 0.133 e. The van der Waals surface area contributed by atoms with Crippen LogP contribution < -0.4 is 4.74 Å². The van der Waals surface area contributed by atoms with Crippen LogP contribution in [0.25, 0.3) is 0 Å². The molecule has 1 rings (SSSR count). The highest BCUT2D eigenvalue weighted by molar-refractivity contribution is 9.13. The number of thiol groups is 1. The number of rotatable bonds is 1. The molecule has 4 heteroatoms. The summed E-state index contributed by atoms with van der Waals surface area (Å²) in [4.78, 5) is 0.807. The van der Waals surface area contributed by atoms with Gasteiger partial charge in [0.2, 0.25) is 0 Å². The fourth-order valence-corrected chi connectivity index (χ4v) is 1.78. The van der Waals surface area contributed by atoms with Gasteiger partial charge in [-0.2, -0.15) is 0 Å². The van der Waals surface area contributed by atoms with E-state index in [9.17, 15) is 0 Å². The fourth-order valence-electron chi connectivity index (χ4n) is 0.687. The van der Waals surface area contributed by atoms with E-state index in [1.54, 1.807) is 7.11 Å². The lowest BCUT2D eigenvalue weighted by Crippen LogP contribution is -1.85. The quantitative estimate of drug-likeness (QED) is 0.781. The van der Waals surface area contributed by atoms with Crippen LogP contribution in [-0.2, 0) is 0 Å². The molecule has 0 bridgehead atoms. The second kappa shape index (κ2) is 3.83. The van der Waals surface area contributed by atoms with Gasteiger partial charge in [-0.3, -0.25) is 0 Å². The second-order valence-corrected chi connectivity index (χ2v) is 4.01. The summed E-state index contributed by atoms with van der Waals surface area (Å²) < 4.78 is 6.95. The number of ether oxygens (including phenoxy) is 1. The highest BCUT2D eigenvalue weighted by Crippen LogP contribution is 2.35. The minimum atomic E-state index is 0.767. The molecule has 60 valence electrons. The van der Waals surface area contributed by atoms with Gasteiger partial charge in [-0.05, 0) is 44.0 Å². The van der Waals surface area contributed by atoms with Crippen molar-refractivity contribution in [2.75, 3.05) is 7.11 Å². The maximum atomic E-state index is 5.05. The third-order valence-electron chi connectivity index (χ3n) is 1.25. The first-order valence-corrected chi connectivity index (χ1v) is 4.91. The van der Waals surface area contributed by atoms with Crippen molar-refractivity contribution in [1.29, 1.82) is 0 Å². The summed E-state index contributed by atoms with van der Waals surface area (Å²) in [6.45, 7) is 0. The van der Waals surface area contributed by atoms with Crippen LogP contribution in [-0.4, -0.2) is 7.11 Å². The number of hydrogen-bond acceptors (Lipinski definition) is 2. The molecule has 0 unspecified atom stereocenters. The average molecular weight is 298 g/mol. The van der Waals surface area contributed by atoms with Crippen molar-refractivity contribution in [2.45, 2.75) is 4.90 Å². The van der Waals surface area contributed by atoms with Gasteiger partial charge in [0.05, 0.1) is 12.0 Å². The van der Waals surface area contributed by atoms with Crippen molar-refractivity contribution < 1.29 is 4.74 Å². The van der Waals surface area contributed by atoms with E-state index in [1.165, 1.54) is 0 Å². The molecule has 1 aromatic carbocycles. The summed E-state index contributed by atoms with van der Waals surface area (Å²) in [6, 6.07) is 3.76. The van der Waals surface area contributed by atoms with Crippen LogP contribution in [0.4, 0.5) is 0 Å². The molecule has 11 heavy (non-hydrogen) atoms. The zero-order chi connectivity index (χ0) is 8.43. The largest absolute Gasteiger partial charge is 0.496 e. The molecule has 0 aliphatic rings. The van der Waals surface area contributed by atoms with Crippen LogP contribution >= 0.6 is 44.5 Å². The topological polar surface area (TPSA) is 9.23 Å². The van der Waals surface area contributed by atoms with E-state index in [0.29, 0.717) is 0 Å². The molecule has 0 fully saturated rings. The van der Waals surface area contributed by atoms with Crippen molar-refractivity contribution in [3.8, 4) is 5.75 Å². The molecule has 1 nitrogen and oxygen atoms in total. The first-order chi connectivity index (χ1) is 5.16. The van der Waals surface area contributed by atoms with Gasteiger partial charge in [-0.15, -0.1) is 12.6 Å². The van der Waals surface area contributed by atoms with E-state index in [-0.39, 0.29) is 0 Å². The Morgan fingerprint density at radius 1 is 1.36 bits per heavy atom. The number of halogens is 2. The van der Waals surface area contributed by atoms with Crippen LogP contribution in [0, 0.1) is 0 Å². The lowest BCUT2D eigenvalue weighted by atomic mass is 10.3. The molecule has 0 aliphatic carbocycles. The maximum absolute atomic E-state index is 5.05. The van der Waals surface area contributed by atoms with Gasteiger partial charge in [0.25, 0.3) is 0 Å². The van der Waals surface area contributed by atoms with Crippen molar-refractivity contribution in [2.24, 2.45) is 0 Å². The molecule has 0 aromatic heterocycles. The standard InChI is InChI=1S/C7H6Br2OS/c1-10-5-3-2-4(8)6(9)7(5)11/h2-3,11H,1H3. The summed E-state index contributed by atoms with van der Waals surface area (Å²) >= 11 is 11.0. The molecule has 0 atom stereocenters. The first kappa shape index (κ1) is 9.42. The molecular formula is C7H6Br2OS. The summed E-state index contributed by atoms with van der Waals surface area (Å²) in [6.07, 6.45) is 0. The molecule has 0 saturated heterocycles. The Balaban J connectivity index is 3.25. The van der Waals surface area contributed by atoms with Crippen LogP contribution in [0.1, 0.15) is 0 Å². The summed E-state index contributed by atoms with van der Waals surface area (Å²) in [7, 11) is 1.62. The molecule has 0 radical (unpaired) electrons. The number of hydrogen-bond donors (Lipinski definition) is 1. The molecule has 1 aromatic rings. The predicted octanol–water partition coefficient (Wildman–Crippen LogP) is 3.51. The van der Waals surface area contributed by atoms with Crippen molar-refractivity contribution in [3.63, 3.8) is 0 Å². The van der Waals surface area contributed by atoms with E-state index >= 15 is 0 Å². The summed E-state index contributed by atoms with van der Waals surface area (Å²) in [5, 5.41) is 0. The third-order valence-corrected chi connectivity index (χ3v) is 4.02. The van der Waals surface area contributed by atoms with E-state index < -0.39 is 0 Å². The highest BCUT2D eigenvalue weighted by atomic mass is 79.9. The Kier molecular flexibility index (Phi) is 3.28. The molecule has 0 N–H and O–H groups in total. The highest BCUT2D eigenvalue weighted by Gasteiger charge is 2.05. The molecule has 0 saturated carbocycles. The van der Waals surface area contributed by atoms with Crippen LogP contribution in [0.2, 0.25) is 0 Å². The molecular weight excluding hydrogens is 292 g/mol. The van der Waals surface area contributed by atoms with Gasteiger partial charge in [0, 0.05) is 8.95 Å². The average Bonchev–Trinajstić information content (AvgIpc) is 2.01. The van der Waals surface area contributed by atoms with Crippen molar-refractivity contribution in [3.05, 3.63) is 21.1 Å². The Bertz CT molecular complexity index is 275. The van der Waals surface area contributed by atoms with Crippen LogP contribution in [0.15, 0.2) is 26.0 Å². The van der Waals surface area contributed by atoms with Gasteiger partial charge in [0.1, 0.15) is 5.75 Å². The van der Waals surface area contributed by atoms with Crippen molar-refractivity contribution >= 4 is 44.5 Å². The minimum absolute atomic E-state index is 0.767. The van der Waals surface area contributed by atoms with E-state index in [0.717, 1.165) is 19.6 Å². The molecule has 0 heterocycles. The fraction of sp³-hybridized carbons (Fsp3) is 0.143. The Hall–Kier alpha value is 0.330. The Labute approximate surface area is 87.8 Å². The minimum Gasteiger partial charge on any atom is -0.496 e. The molecule has 0 aliphatic heterocycles. The zero-order valence-electron chi connectivity index (χ0n) is 5.77. The molecule has 0 amide bonds. The van der Waals surface area contributed by atoms with Gasteiger partial charge >= 0.3 is 0 Å². The summed E-state index contributed by atoms with van der Waals surface area (Å²) in [5.74, 6) is 0.767. The number of methoxy groups -OCH3 is 1. The normalized spacial score (nSPS) is 9.82. The summed E-state index contributed by atoms with van der Waals surface area (Å²) in [5.41, 5.74) is 0. The van der Waals surface area contributed by atoms with Gasteiger partial charge in [0.15, 0.2) is 0 Å². The lowest BCUT2D eigenvalue weighted by Gasteiger charge is -2.05. The van der Waals surface area contributed by atoms with Gasteiger partial charge in [-0.25, -0.2) is 0 Å². The van der Waals surface area contributed by atoms with E-state index in [1.807, 2.05) is 12.1 Å². The van der Waals surface area contributed by atoms with Gasteiger partial charge < -0.3 is 4.74 Å². The first-order valence-electron chi connectivity index (χ1n) is 2.87. The van der Waals surface area contributed by atoms with E-state index in [2.05, 4.69) is 44.5 Å². The monoisotopic (exact) mass is 296 g/mol. The lowest BCUT2D eigenvalue weighted by molar-refractivity contribution is 0.404. The van der Waals surface area contributed by atoms with Crippen molar-refractivity contribution in [1.82, 2.24) is 0 Å². The number of benzene rings is 1. The Morgan fingerprint density at radius 2 is 2.00 bits per heavy atom. The Morgan fingerprint density at radius 3 is 2.55 bits per heavy atom. The maximum Gasteiger partial charge on any atom is 0.133 e. The molecule has 0 spiro atoms. The SMILES string of the molecule is COc1ccc(Br)c(Br)c1S. The van der Waals surface area contributed by atoms with Gasteiger partial charge in [-0.1, -0.05) is 0 Å².